The Morgan fingerprint density at radius 3 is 3.36 bits per heavy atom. The van der Waals surface area contributed by atoms with Crippen molar-refractivity contribution in [3.8, 4) is 0 Å². The molecule has 2 aromatic rings. The summed E-state index contributed by atoms with van der Waals surface area (Å²) in [5.74, 6) is 0. The number of rotatable bonds is 0. The normalized spacial score (nSPS) is 15.7. The average Bonchev–Trinajstić information content (AvgIpc) is 2.61. The zero-order valence-corrected chi connectivity index (χ0v) is 7.71. The van der Waals surface area contributed by atoms with Crippen molar-refractivity contribution in [1.82, 2.24) is 9.97 Å². The third-order valence-corrected chi connectivity index (χ3v) is 2.68. The van der Waals surface area contributed by atoms with Crippen LogP contribution in [0.5, 0.6) is 0 Å². The number of nitrogens with zero attached hydrogens (tertiary/aromatic N) is 1. The second-order valence-electron chi connectivity index (χ2n) is 3.53. The van der Waals surface area contributed by atoms with Gasteiger partial charge in [0.05, 0.1) is 18.9 Å². The lowest BCUT2D eigenvalue weighted by Gasteiger charge is -2.16. The zero-order valence-electron chi connectivity index (χ0n) is 7.71. The maximum Gasteiger partial charge on any atom is 0.139 e. The number of H-pyrrole nitrogens is 1. The lowest BCUT2D eigenvalue weighted by molar-refractivity contribution is 0.111. The molecule has 0 saturated carbocycles. The van der Waals surface area contributed by atoms with E-state index in [2.05, 4.69) is 9.97 Å². The monoisotopic (exact) mass is 189 g/mol. The molecule has 72 valence electrons. The summed E-state index contributed by atoms with van der Waals surface area (Å²) in [6.07, 6.45) is 4.59. The maximum absolute atomic E-state index is 5.89. The summed E-state index contributed by atoms with van der Waals surface area (Å²) in [6.45, 7) is 1.43. The summed E-state index contributed by atoms with van der Waals surface area (Å²) in [6, 6.07) is 0. The van der Waals surface area contributed by atoms with Crippen LogP contribution in [0.3, 0.4) is 0 Å². The fraction of sp³-hybridized carbons (Fsp3) is 0.300. The van der Waals surface area contributed by atoms with Gasteiger partial charge in [-0.3, -0.25) is 0 Å². The molecule has 1 aliphatic heterocycles. The molecule has 0 aromatic carbocycles. The molecule has 3 heterocycles. The predicted molar refractivity (Wildman–Crippen MR) is 53.9 cm³/mol. The van der Waals surface area contributed by atoms with E-state index in [0.717, 1.165) is 35.3 Å². The van der Waals surface area contributed by atoms with Crippen molar-refractivity contribution in [2.45, 2.75) is 13.0 Å². The highest BCUT2D eigenvalue weighted by molar-refractivity contribution is 5.92. The molecule has 0 amide bonds. The van der Waals surface area contributed by atoms with Crippen molar-refractivity contribution < 1.29 is 4.74 Å². The summed E-state index contributed by atoms with van der Waals surface area (Å²) in [7, 11) is 0. The molecular formula is C10H11N3O. The molecule has 3 N–H and O–H groups in total. The van der Waals surface area contributed by atoms with Gasteiger partial charge in [-0.25, -0.2) is 4.98 Å². The Balaban J connectivity index is 2.38. The van der Waals surface area contributed by atoms with Gasteiger partial charge < -0.3 is 15.5 Å². The lowest BCUT2D eigenvalue weighted by atomic mass is 10.0. The van der Waals surface area contributed by atoms with Crippen LogP contribution in [0.4, 0.5) is 5.69 Å². The molecule has 3 rings (SSSR count). The molecule has 0 spiro atoms. The van der Waals surface area contributed by atoms with Crippen LogP contribution in [0.25, 0.3) is 11.0 Å². The molecule has 0 saturated heterocycles. The smallest absolute Gasteiger partial charge is 0.139 e. The maximum atomic E-state index is 5.89. The van der Waals surface area contributed by atoms with Gasteiger partial charge in [-0.1, -0.05) is 0 Å². The summed E-state index contributed by atoms with van der Waals surface area (Å²) in [5, 5.41) is 1.07. The number of hydrogen-bond donors (Lipinski definition) is 2. The van der Waals surface area contributed by atoms with Crippen LogP contribution in [0, 0.1) is 0 Å². The second kappa shape index (κ2) is 2.72. The zero-order chi connectivity index (χ0) is 9.54. The van der Waals surface area contributed by atoms with E-state index in [4.69, 9.17) is 10.5 Å². The molecule has 2 aromatic heterocycles. The Morgan fingerprint density at radius 2 is 2.43 bits per heavy atom. The molecule has 14 heavy (non-hydrogen) atoms. The number of ether oxygens (including phenoxy) is 1. The fourth-order valence-corrected chi connectivity index (χ4v) is 1.99. The largest absolute Gasteiger partial charge is 0.397 e. The summed E-state index contributed by atoms with van der Waals surface area (Å²) >= 11 is 0. The van der Waals surface area contributed by atoms with E-state index in [9.17, 15) is 0 Å². The number of fused-ring (bicyclic) bond motifs is 3. The Kier molecular flexibility index (Phi) is 1.52. The second-order valence-corrected chi connectivity index (χ2v) is 3.53. The SMILES string of the molecule is Nc1c[nH]c2ncc3c(c12)CCOC3. The topological polar surface area (TPSA) is 63.9 Å². The van der Waals surface area contributed by atoms with E-state index in [1.54, 1.807) is 6.20 Å². The van der Waals surface area contributed by atoms with Crippen LogP contribution < -0.4 is 5.73 Å². The van der Waals surface area contributed by atoms with E-state index < -0.39 is 0 Å². The van der Waals surface area contributed by atoms with Crippen LogP contribution in [0.15, 0.2) is 12.4 Å². The molecule has 4 nitrogen and oxygen atoms in total. The number of hydrogen-bond acceptors (Lipinski definition) is 3. The highest BCUT2D eigenvalue weighted by Crippen LogP contribution is 2.28. The van der Waals surface area contributed by atoms with Gasteiger partial charge in [0.15, 0.2) is 0 Å². The van der Waals surface area contributed by atoms with Crippen molar-refractivity contribution in [3.05, 3.63) is 23.5 Å². The first-order valence-electron chi connectivity index (χ1n) is 4.67. The molecule has 0 aliphatic carbocycles. The third-order valence-electron chi connectivity index (χ3n) is 2.68. The predicted octanol–water partition coefficient (Wildman–Crippen LogP) is 1.22. The lowest BCUT2D eigenvalue weighted by Crippen LogP contribution is -2.10. The van der Waals surface area contributed by atoms with Gasteiger partial charge in [-0.15, -0.1) is 0 Å². The highest BCUT2D eigenvalue weighted by Gasteiger charge is 2.15. The van der Waals surface area contributed by atoms with Crippen LogP contribution >= 0.6 is 0 Å². The van der Waals surface area contributed by atoms with Gasteiger partial charge in [-0.05, 0) is 12.0 Å². The third kappa shape index (κ3) is 0.943. The quantitative estimate of drug-likeness (QED) is 0.654. The van der Waals surface area contributed by atoms with Gasteiger partial charge >= 0.3 is 0 Å². The number of aromatic nitrogens is 2. The minimum atomic E-state index is 0.656. The average molecular weight is 189 g/mol. The number of aromatic amines is 1. The van der Waals surface area contributed by atoms with Gasteiger partial charge in [0, 0.05) is 23.3 Å². The number of nitrogens with one attached hydrogen (secondary N) is 1. The molecule has 0 fully saturated rings. The Labute approximate surface area is 81.1 Å². The molecule has 0 unspecified atom stereocenters. The number of pyridine rings is 1. The van der Waals surface area contributed by atoms with Gasteiger partial charge in [-0.2, -0.15) is 0 Å². The number of anilines is 1. The molecule has 4 heteroatoms. The van der Waals surface area contributed by atoms with Crippen LogP contribution in [-0.2, 0) is 17.8 Å². The Morgan fingerprint density at radius 1 is 1.50 bits per heavy atom. The van der Waals surface area contributed by atoms with Gasteiger partial charge in [0.1, 0.15) is 5.65 Å². The van der Waals surface area contributed by atoms with E-state index in [0.29, 0.717) is 6.61 Å². The Bertz CT molecular complexity index is 489. The molecule has 1 aliphatic rings. The van der Waals surface area contributed by atoms with Gasteiger partial charge in [0.25, 0.3) is 0 Å². The Hall–Kier alpha value is -1.55. The standard InChI is InChI=1S/C10H11N3O/c11-8-4-13-10-9(8)7-1-2-14-5-6(7)3-12-10/h3-4H,1-2,5,11H2,(H,12,13). The molecule has 0 bridgehead atoms. The first kappa shape index (κ1) is 7.82. The van der Waals surface area contributed by atoms with Crippen LogP contribution in [0.1, 0.15) is 11.1 Å². The van der Waals surface area contributed by atoms with Crippen molar-refractivity contribution in [2.24, 2.45) is 0 Å². The summed E-state index contributed by atoms with van der Waals surface area (Å²) in [4.78, 5) is 7.36. The summed E-state index contributed by atoms with van der Waals surface area (Å²) < 4.78 is 5.37. The van der Waals surface area contributed by atoms with Crippen molar-refractivity contribution >= 4 is 16.7 Å². The van der Waals surface area contributed by atoms with Crippen LogP contribution in [-0.4, -0.2) is 16.6 Å². The highest BCUT2D eigenvalue weighted by atomic mass is 16.5. The minimum absolute atomic E-state index is 0.656. The molecule has 0 atom stereocenters. The van der Waals surface area contributed by atoms with Gasteiger partial charge in [0.2, 0.25) is 0 Å². The van der Waals surface area contributed by atoms with E-state index >= 15 is 0 Å². The van der Waals surface area contributed by atoms with E-state index in [1.807, 2.05) is 6.20 Å². The summed E-state index contributed by atoms with van der Waals surface area (Å²) in [5.41, 5.74) is 10.0. The first-order chi connectivity index (χ1) is 6.86. The molecular weight excluding hydrogens is 178 g/mol. The minimum Gasteiger partial charge on any atom is -0.397 e. The van der Waals surface area contributed by atoms with Crippen molar-refractivity contribution in [3.63, 3.8) is 0 Å². The van der Waals surface area contributed by atoms with Crippen molar-refractivity contribution in [1.29, 1.82) is 0 Å². The van der Waals surface area contributed by atoms with E-state index in [-0.39, 0.29) is 0 Å². The first-order valence-corrected chi connectivity index (χ1v) is 4.67. The number of nitrogen functional groups attached to an aromatic ring is 1. The fourth-order valence-electron chi connectivity index (χ4n) is 1.99. The van der Waals surface area contributed by atoms with Crippen LogP contribution in [0.2, 0.25) is 0 Å². The van der Waals surface area contributed by atoms with Crippen molar-refractivity contribution in [2.75, 3.05) is 12.3 Å². The molecule has 0 radical (unpaired) electrons. The number of nitrogens with two attached hydrogens (primary N) is 1. The van der Waals surface area contributed by atoms with E-state index in [1.165, 1.54) is 5.56 Å².